The van der Waals surface area contributed by atoms with Crippen LogP contribution in [-0.4, -0.2) is 20.2 Å². The average molecular weight is 338 g/mol. The quantitative estimate of drug-likeness (QED) is 0.821. The van der Waals surface area contributed by atoms with Gasteiger partial charge in [0, 0.05) is 0 Å². The van der Waals surface area contributed by atoms with Crippen LogP contribution in [0.3, 0.4) is 0 Å². The molecule has 2 aromatic rings. The molecule has 0 radical (unpaired) electrons. The van der Waals surface area contributed by atoms with Gasteiger partial charge in [-0.1, -0.05) is 36.4 Å². The summed E-state index contributed by atoms with van der Waals surface area (Å²) in [6, 6.07) is 14.1. The van der Waals surface area contributed by atoms with Gasteiger partial charge in [-0.05, 0) is 23.3 Å². The van der Waals surface area contributed by atoms with Crippen molar-refractivity contribution < 1.29 is 19.0 Å². The van der Waals surface area contributed by atoms with Crippen LogP contribution in [0.1, 0.15) is 17.2 Å². The van der Waals surface area contributed by atoms with Crippen molar-refractivity contribution >= 4 is 18.4 Å². The summed E-state index contributed by atoms with van der Waals surface area (Å²) in [4.78, 5) is 11.5. The van der Waals surface area contributed by atoms with E-state index in [9.17, 15) is 4.79 Å². The molecular weight excluding hydrogens is 318 g/mol. The SMILES string of the molecule is COC(=O)[C@H](N)c1ccc(OCc2ccccc2)c(OC)c1.Cl. The van der Waals surface area contributed by atoms with Gasteiger partial charge in [-0.2, -0.15) is 0 Å². The highest BCUT2D eigenvalue weighted by atomic mass is 35.5. The van der Waals surface area contributed by atoms with Gasteiger partial charge in [0.2, 0.25) is 0 Å². The fourth-order valence-corrected chi connectivity index (χ4v) is 2.00. The summed E-state index contributed by atoms with van der Waals surface area (Å²) in [6.07, 6.45) is 0. The molecule has 2 rings (SSSR count). The zero-order valence-corrected chi connectivity index (χ0v) is 13.8. The molecule has 2 aromatic carbocycles. The Labute approximate surface area is 141 Å². The Kier molecular flexibility index (Phi) is 7.38. The fraction of sp³-hybridized carbons (Fsp3) is 0.235. The maximum Gasteiger partial charge on any atom is 0.327 e. The van der Waals surface area contributed by atoms with Gasteiger partial charge in [0.05, 0.1) is 14.2 Å². The second kappa shape index (κ2) is 9.02. The lowest BCUT2D eigenvalue weighted by Gasteiger charge is -2.14. The number of hydrogen-bond donors (Lipinski definition) is 1. The molecule has 6 heteroatoms. The summed E-state index contributed by atoms with van der Waals surface area (Å²) >= 11 is 0. The van der Waals surface area contributed by atoms with Crippen LogP contribution in [-0.2, 0) is 16.1 Å². The van der Waals surface area contributed by atoms with E-state index in [1.54, 1.807) is 18.2 Å². The van der Waals surface area contributed by atoms with Crippen LogP contribution in [0.2, 0.25) is 0 Å². The lowest BCUT2D eigenvalue weighted by Crippen LogP contribution is -2.22. The van der Waals surface area contributed by atoms with Gasteiger partial charge in [-0.15, -0.1) is 12.4 Å². The van der Waals surface area contributed by atoms with Crippen molar-refractivity contribution in [1.29, 1.82) is 0 Å². The smallest absolute Gasteiger partial charge is 0.327 e. The van der Waals surface area contributed by atoms with Crippen molar-refractivity contribution in [3.63, 3.8) is 0 Å². The topological polar surface area (TPSA) is 70.8 Å². The second-order valence-corrected chi connectivity index (χ2v) is 4.69. The van der Waals surface area contributed by atoms with Crippen molar-refractivity contribution in [3.05, 3.63) is 59.7 Å². The number of ether oxygens (including phenoxy) is 3. The van der Waals surface area contributed by atoms with E-state index in [2.05, 4.69) is 4.74 Å². The number of nitrogens with two attached hydrogens (primary N) is 1. The van der Waals surface area contributed by atoms with E-state index in [0.717, 1.165) is 5.56 Å². The summed E-state index contributed by atoms with van der Waals surface area (Å²) in [6.45, 7) is 0.430. The Morgan fingerprint density at radius 3 is 2.39 bits per heavy atom. The van der Waals surface area contributed by atoms with E-state index in [1.165, 1.54) is 14.2 Å². The van der Waals surface area contributed by atoms with Crippen LogP contribution < -0.4 is 15.2 Å². The van der Waals surface area contributed by atoms with Gasteiger partial charge in [0.25, 0.3) is 0 Å². The minimum atomic E-state index is -0.845. The van der Waals surface area contributed by atoms with Crippen molar-refractivity contribution in [2.24, 2.45) is 5.73 Å². The number of halogens is 1. The third kappa shape index (κ3) is 4.87. The lowest BCUT2D eigenvalue weighted by molar-refractivity contribution is -0.142. The molecule has 0 saturated heterocycles. The number of methoxy groups -OCH3 is 2. The largest absolute Gasteiger partial charge is 0.493 e. The van der Waals surface area contributed by atoms with Gasteiger partial charge < -0.3 is 19.9 Å². The highest BCUT2D eigenvalue weighted by Crippen LogP contribution is 2.30. The maximum absolute atomic E-state index is 11.5. The molecule has 1 atom stereocenters. The van der Waals surface area contributed by atoms with E-state index in [-0.39, 0.29) is 12.4 Å². The molecule has 0 heterocycles. The molecule has 5 nitrogen and oxygen atoms in total. The average Bonchev–Trinajstić information content (AvgIpc) is 2.59. The zero-order valence-electron chi connectivity index (χ0n) is 13.0. The molecule has 0 spiro atoms. The van der Waals surface area contributed by atoms with E-state index < -0.39 is 12.0 Å². The molecule has 0 aliphatic rings. The Morgan fingerprint density at radius 1 is 1.09 bits per heavy atom. The Bertz CT molecular complexity index is 634. The number of rotatable bonds is 6. The monoisotopic (exact) mass is 337 g/mol. The molecule has 0 aromatic heterocycles. The number of hydrogen-bond acceptors (Lipinski definition) is 5. The predicted octanol–water partition coefficient (Wildman–Crippen LogP) is 2.87. The first-order chi connectivity index (χ1) is 10.7. The molecule has 2 N–H and O–H groups in total. The number of carbonyl (C=O) groups excluding carboxylic acids is 1. The Hall–Kier alpha value is -2.24. The fourth-order valence-electron chi connectivity index (χ4n) is 2.00. The van der Waals surface area contributed by atoms with Gasteiger partial charge in [-0.25, -0.2) is 0 Å². The molecule has 0 saturated carbocycles. The van der Waals surface area contributed by atoms with Crippen LogP contribution in [0.5, 0.6) is 11.5 Å². The van der Waals surface area contributed by atoms with Crippen molar-refractivity contribution in [1.82, 2.24) is 0 Å². The Balaban J connectivity index is 0.00000264. The maximum atomic E-state index is 11.5. The van der Waals surface area contributed by atoms with Crippen LogP contribution in [0, 0.1) is 0 Å². The molecule has 0 fully saturated rings. The van der Waals surface area contributed by atoms with Crippen LogP contribution in [0.4, 0.5) is 0 Å². The molecule has 0 aliphatic carbocycles. The van der Waals surface area contributed by atoms with Gasteiger partial charge in [-0.3, -0.25) is 4.79 Å². The normalized spacial score (nSPS) is 11.1. The summed E-state index contributed by atoms with van der Waals surface area (Å²) in [7, 11) is 2.84. The summed E-state index contributed by atoms with van der Waals surface area (Å²) in [5.74, 6) is 0.611. The van der Waals surface area contributed by atoms with Crippen LogP contribution in [0.25, 0.3) is 0 Å². The molecule has 124 valence electrons. The third-order valence-electron chi connectivity index (χ3n) is 3.24. The van der Waals surface area contributed by atoms with E-state index >= 15 is 0 Å². The first kappa shape index (κ1) is 18.8. The van der Waals surface area contributed by atoms with Gasteiger partial charge >= 0.3 is 5.97 Å². The van der Waals surface area contributed by atoms with Crippen molar-refractivity contribution in [3.8, 4) is 11.5 Å². The molecule has 23 heavy (non-hydrogen) atoms. The summed E-state index contributed by atoms with van der Waals surface area (Å²) in [5.41, 5.74) is 7.48. The van der Waals surface area contributed by atoms with Crippen LogP contribution in [0.15, 0.2) is 48.5 Å². The number of carbonyl (C=O) groups is 1. The summed E-state index contributed by atoms with van der Waals surface area (Å²) < 4.78 is 15.7. The van der Waals surface area contributed by atoms with E-state index in [1.807, 2.05) is 30.3 Å². The first-order valence-electron chi connectivity index (χ1n) is 6.83. The highest BCUT2D eigenvalue weighted by Gasteiger charge is 2.18. The van der Waals surface area contributed by atoms with Crippen LogP contribution >= 0.6 is 12.4 Å². The minimum absolute atomic E-state index is 0. The van der Waals surface area contributed by atoms with E-state index in [4.69, 9.17) is 15.2 Å². The standard InChI is InChI=1S/C17H19NO4.ClH/c1-20-15-10-13(16(18)17(19)21-2)8-9-14(15)22-11-12-6-4-3-5-7-12;/h3-10,16H,11,18H2,1-2H3;1H/t16-;/m1./s1. The molecule has 0 bridgehead atoms. The molecule has 0 aliphatic heterocycles. The Morgan fingerprint density at radius 2 is 1.78 bits per heavy atom. The van der Waals surface area contributed by atoms with Crippen molar-refractivity contribution in [2.45, 2.75) is 12.6 Å². The van der Waals surface area contributed by atoms with Gasteiger partial charge in [0.15, 0.2) is 11.5 Å². The van der Waals surface area contributed by atoms with Crippen molar-refractivity contribution in [2.75, 3.05) is 14.2 Å². The summed E-state index contributed by atoms with van der Waals surface area (Å²) in [5, 5.41) is 0. The number of esters is 1. The molecule has 0 unspecified atom stereocenters. The molecule has 0 amide bonds. The number of benzene rings is 2. The zero-order chi connectivity index (χ0) is 15.9. The highest BCUT2D eigenvalue weighted by molar-refractivity contribution is 5.85. The predicted molar refractivity (Wildman–Crippen MR) is 90.0 cm³/mol. The second-order valence-electron chi connectivity index (χ2n) is 4.69. The lowest BCUT2D eigenvalue weighted by atomic mass is 10.1. The minimum Gasteiger partial charge on any atom is -0.493 e. The molecular formula is C17H20ClNO4. The first-order valence-corrected chi connectivity index (χ1v) is 6.83. The van der Waals surface area contributed by atoms with Gasteiger partial charge in [0.1, 0.15) is 12.6 Å². The van der Waals surface area contributed by atoms with E-state index in [0.29, 0.717) is 23.7 Å². The third-order valence-corrected chi connectivity index (χ3v) is 3.24.